The van der Waals surface area contributed by atoms with Gasteiger partial charge in [0.25, 0.3) is 5.91 Å². The highest BCUT2D eigenvalue weighted by molar-refractivity contribution is 6.33. The number of hydrogen-bond acceptors (Lipinski definition) is 3. The SMILES string of the molecule is CCC1CCC(NC(=O)c2cc(NC)ncc2Cl)C1C. The van der Waals surface area contributed by atoms with Crippen molar-refractivity contribution >= 4 is 23.3 Å². The van der Waals surface area contributed by atoms with E-state index in [0.717, 1.165) is 6.42 Å². The molecule has 0 radical (unpaired) electrons. The molecule has 0 aromatic carbocycles. The molecule has 2 rings (SSSR count). The smallest absolute Gasteiger partial charge is 0.253 e. The highest BCUT2D eigenvalue weighted by Crippen LogP contribution is 2.34. The van der Waals surface area contributed by atoms with Crippen molar-refractivity contribution in [1.29, 1.82) is 0 Å². The van der Waals surface area contributed by atoms with Crippen LogP contribution in [0, 0.1) is 11.8 Å². The first-order valence-electron chi connectivity index (χ1n) is 7.21. The maximum Gasteiger partial charge on any atom is 0.253 e. The number of amides is 1. The van der Waals surface area contributed by atoms with Crippen LogP contribution in [0.1, 0.15) is 43.5 Å². The Kier molecular flexibility index (Phi) is 4.86. The largest absolute Gasteiger partial charge is 0.373 e. The minimum Gasteiger partial charge on any atom is -0.373 e. The van der Waals surface area contributed by atoms with Gasteiger partial charge in [-0.3, -0.25) is 4.79 Å². The summed E-state index contributed by atoms with van der Waals surface area (Å²) in [5.41, 5.74) is 0.484. The normalized spacial score (nSPS) is 25.5. The predicted molar refractivity (Wildman–Crippen MR) is 82.2 cm³/mol. The molecule has 20 heavy (non-hydrogen) atoms. The summed E-state index contributed by atoms with van der Waals surface area (Å²) in [5.74, 6) is 1.77. The van der Waals surface area contributed by atoms with Crippen LogP contribution in [-0.4, -0.2) is 24.0 Å². The van der Waals surface area contributed by atoms with E-state index in [1.54, 1.807) is 13.1 Å². The fourth-order valence-electron chi connectivity index (χ4n) is 3.02. The maximum absolute atomic E-state index is 12.4. The molecule has 2 N–H and O–H groups in total. The van der Waals surface area contributed by atoms with Gasteiger partial charge in [-0.1, -0.05) is 31.9 Å². The maximum atomic E-state index is 12.4. The summed E-state index contributed by atoms with van der Waals surface area (Å²) in [6.07, 6.45) is 4.92. The highest BCUT2D eigenvalue weighted by atomic mass is 35.5. The van der Waals surface area contributed by atoms with E-state index in [-0.39, 0.29) is 11.9 Å². The molecule has 0 bridgehead atoms. The van der Waals surface area contributed by atoms with Gasteiger partial charge in [0, 0.05) is 19.3 Å². The van der Waals surface area contributed by atoms with Crippen LogP contribution in [0.15, 0.2) is 12.3 Å². The molecule has 1 amide bonds. The molecule has 1 fully saturated rings. The number of nitrogens with zero attached hydrogens (tertiary/aromatic N) is 1. The van der Waals surface area contributed by atoms with Gasteiger partial charge in [0.1, 0.15) is 5.82 Å². The van der Waals surface area contributed by atoms with Crippen LogP contribution in [0.2, 0.25) is 5.02 Å². The van der Waals surface area contributed by atoms with Crippen LogP contribution >= 0.6 is 11.6 Å². The Morgan fingerprint density at radius 1 is 1.50 bits per heavy atom. The second-order valence-corrected chi connectivity index (χ2v) is 5.89. The predicted octanol–water partition coefficient (Wildman–Crippen LogP) is 3.33. The van der Waals surface area contributed by atoms with Crippen molar-refractivity contribution in [3.8, 4) is 0 Å². The van der Waals surface area contributed by atoms with Crippen molar-refractivity contribution in [3.63, 3.8) is 0 Å². The molecule has 0 aliphatic heterocycles. The second-order valence-electron chi connectivity index (χ2n) is 5.48. The van der Waals surface area contributed by atoms with Gasteiger partial charge in [0.2, 0.25) is 0 Å². The number of carbonyl (C=O) groups is 1. The van der Waals surface area contributed by atoms with Gasteiger partial charge < -0.3 is 10.6 Å². The quantitative estimate of drug-likeness (QED) is 0.896. The molecular weight excluding hydrogens is 274 g/mol. The molecule has 4 nitrogen and oxygen atoms in total. The molecule has 1 aromatic heterocycles. The lowest BCUT2D eigenvalue weighted by molar-refractivity contribution is 0.0926. The molecule has 1 aromatic rings. The summed E-state index contributed by atoms with van der Waals surface area (Å²) < 4.78 is 0. The van der Waals surface area contributed by atoms with Crippen LogP contribution in [0.25, 0.3) is 0 Å². The third-order valence-corrected chi connectivity index (χ3v) is 4.72. The monoisotopic (exact) mass is 295 g/mol. The summed E-state index contributed by atoms with van der Waals surface area (Å²) in [4.78, 5) is 16.5. The van der Waals surface area contributed by atoms with Gasteiger partial charge >= 0.3 is 0 Å². The zero-order valence-corrected chi connectivity index (χ0v) is 13.0. The van der Waals surface area contributed by atoms with E-state index in [0.29, 0.717) is 28.2 Å². The first-order valence-corrected chi connectivity index (χ1v) is 7.58. The number of aromatic nitrogens is 1. The molecular formula is C15H22ClN3O. The number of pyridine rings is 1. The Morgan fingerprint density at radius 3 is 2.85 bits per heavy atom. The van der Waals surface area contributed by atoms with Gasteiger partial charge in [0.15, 0.2) is 0 Å². The lowest BCUT2D eigenvalue weighted by Gasteiger charge is -2.21. The van der Waals surface area contributed by atoms with Crippen LogP contribution in [0.4, 0.5) is 5.82 Å². The summed E-state index contributed by atoms with van der Waals surface area (Å²) in [6.45, 7) is 4.43. The van der Waals surface area contributed by atoms with E-state index >= 15 is 0 Å². The first kappa shape index (κ1) is 15.1. The van der Waals surface area contributed by atoms with Crippen LogP contribution in [0.5, 0.6) is 0 Å². The van der Waals surface area contributed by atoms with Gasteiger partial charge in [-0.15, -0.1) is 0 Å². The lowest BCUT2D eigenvalue weighted by Crippen LogP contribution is -2.37. The van der Waals surface area contributed by atoms with E-state index in [4.69, 9.17) is 11.6 Å². The van der Waals surface area contributed by atoms with Crippen molar-refractivity contribution in [3.05, 3.63) is 22.8 Å². The van der Waals surface area contributed by atoms with E-state index in [1.165, 1.54) is 19.0 Å². The Hall–Kier alpha value is -1.29. The van der Waals surface area contributed by atoms with Crippen LogP contribution in [0.3, 0.4) is 0 Å². The summed E-state index contributed by atoms with van der Waals surface area (Å²) >= 11 is 6.07. The Balaban J connectivity index is 2.09. The number of carbonyl (C=O) groups excluding carboxylic acids is 1. The minimum absolute atomic E-state index is 0.109. The molecule has 5 heteroatoms. The van der Waals surface area contributed by atoms with E-state index in [2.05, 4.69) is 29.5 Å². The molecule has 3 atom stereocenters. The van der Waals surface area contributed by atoms with Crippen LogP contribution in [-0.2, 0) is 0 Å². The lowest BCUT2D eigenvalue weighted by atomic mass is 9.93. The van der Waals surface area contributed by atoms with Gasteiger partial charge in [-0.05, 0) is 30.7 Å². The standard InChI is InChI=1S/C15H22ClN3O/c1-4-10-5-6-13(9(10)2)19-15(20)11-7-14(17-3)18-8-12(11)16/h7-10,13H,4-6H2,1-3H3,(H,17,18)(H,19,20). The number of hydrogen-bond donors (Lipinski definition) is 2. The number of halogens is 1. The summed E-state index contributed by atoms with van der Waals surface area (Å²) in [6, 6.07) is 1.93. The third-order valence-electron chi connectivity index (χ3n) is 4.42. The number of nitrogens with one attached hydrogen (secondary N) is 2. The molecule has 1 aliphatic carbocycles. The average Bonchev–Trinajstić information content (AvgIpc) is 2.80. The molecule has 1 saturated carbocycles. The third kappa shape index (κ3) is 3.06. The average molecular weight is 296 g/mol. The molecule has 1 aliphatic rings. The second kappa shape index (κ2) is 6.44. The Labute approximate surface area is 125 Å². The fourth-order valence-corrected chi connectivity index (χ4v) is 3.21. The van der Waals surface area contributed by atoms with Gasteiger partial charge in [-0.2, -0.15) is 0 Å². The van der Waals surface area contributed by atoms with Gasteiger partial charge in [-0.25, -0.2) is 4.98 Å². The van der Waals surface area contributed by atoms with E-state index in [9.17, 15) is 4.79 Å². The van der Waals surface area contributed by atoms with Crippen LogP contribution < -0.4 is 10.6 Å². The molecule has 1 heterocycles. The van der Waals surface area contributed by atoms with Crippen molar-refractivity contribution in [1.82, 2.24) is 10.3 Å². The minimum atomic E-state index is -0.109. The van der Waals surface area contributed by atoms with Crippen molar-refractivity contribution in [2.45, 2.75) is 39.2 Å². The number of rotatable bonds is 4. The topological polar surface area (TPSA) is 54.0 Å². The van der Waals surface area contributed by atoms with E-state index < -0.39 is 0 Å². The first-order chi connectivity index (χ1) is 9.56. The van der Waals surface area contributed by atoms with Gasteiger partial charge in [0.05, 0.1) is 10.6 Å². The molecule has 0 spiro atoms. The highest BCUT2D eigenvalue weighted by Gasteiger charge is 2.32. The summed E-state index contributed by atoms with van der Waals surface area (Å²) in [7, 11) is 1.77. The van der Waals surface area contributed by atoms with Crippen molar-refractivity contribution in [2.24, 2.45) is 11.8 Å². The Bertz CT molecular complexity index is 492. The molecule has 110 valence electrons. The number of anilines is 1. The zero-order valence-electron chi connectivity index (χ0n) is 12.2. The summed E-state index contributed by atoms with van der Waals surface area (Å²) in [5, 5.41) is 6.43. The molecule has 0 saturated heterocycles. The fraction of sp³-hybridized carbons (Fsp3) is 0.600. The van der Waals surface area contributed by atoms with Crippen molar-refractivity contribution < 1.29 is 4.79 Å². The van der Waals surface area contributed by atoms with Crippen molar-refractivity contribution in [2.75, 3.05) is 12.4 Å². The van der Waals surface area contributed by atoms with E-state index in [1.807, 2.05) is 0 Å². The Morgan fingerprint density at radius 2 is 2.25 bits per heavy atom. The zero-order chi connectivity index (χ0) is 14.7. The molecule has 3 unspecified atom stereocenters.